The van der Waals surface area contributed by atoms with Crippen molar-refractivity contribution in [3.63, 3.8) is 0 Å². The van der Waals surface area contributed by atoms with Gasteiger partial charge in [0.1, 0.15) is 6.04 Å². The zero-order valence-corrected chi connectivity index (χ0v) is 15.7. The number of rotatable bonds is 9. The highest BCUT2D eigenvalue weighted by atomic mass is 16.5. The van der Waals surface area contributed by atoms with Crippen LogP contribution in [0.25, 0.3) is 0 Å². The van der Waals surface area contributed by atoms with E-state index < -0.39 is 30.5 Å². The topological polar surface area (TPSA) is 100 Å². The first-order chi connectivity index (χ1) is 12.4. The maximum atomic E-state index is 12.1. The van der Waals surface area contributed by atoms with Gasteiger partial charge in [0.2, 0.25) is 0 Å². The van der Waals surface area contributed by atoms with Crippen LogP contribution in [0.4, 0.5) is 0 Å². The predicted molar refractivity (Wildman–Crippen MR) is 93.2 cm³/mol. The van der Waals surface area contributed by atoms with Crippen LogP contribution < -0.4 is 14.8 Å². The summed E-state index contributed by atoms with van der Waals surface area (Å²) in [6, 6.07) is 3.72. The van der Waals surface area contributed by atoms with Crippen LogP contribution in [0.5, 0.6) is 11.5 Å². The highest BCUT2D eigenvalue weighted by Gasteiger charge is 2.27. The molecule has 1 amide bonds. The van der Waals surface area contributed by atoms with Gasteiger partial charge in [-0.25, -0.2) is 9.59 Å². The Morgan fingerprint density at radius 3 is 2.27 bits per heavy atom. The molecule has 1 N–H and O–H groups in total. The molecule has 0 spiro atoms. The largest absolute Gasteiger partial charge is 0.493 e. The van der Waals surface area contributed by atoms with E-state index in [1.807, 2.05) is 13.8 Å². The molecule has 1 rings (SSSR count). The zero-order chi connectivity index (χ0) is 19.7. The Morgan fingerprint density at radius 2 is 1.73 bits per heavy atom. The maximum Gasteiger partial charge on any atom is 0.338 e. The van der Waals surface area contributed by atoms with Crippen molar-refractivity contribution < 1.29 is 33.3 Å². The van der Waals surface area contributed by atoms with Gasteiger partial charge in [0.15, 0.2) is 18.1 Å². The Bertz CT molecular complexity index is 644. The normalized spacial score (nSPS) is 12.5. The van der Waals surface area contributed by atoms with E-state index in [4.69, 9.17) is 18.9 Å². The van der Waals surface area contributed by atoms with E-state index in [0.717, 1.165) is 0 Å². The molecule has 0 saturated heterocycles. The van der Waals surface area contributed by atoms with E-state index in [9.17, 15) is 14.4 Å². The van der Waals surface area contributed by atoms with E-state index in [0.29, 0.717) is 17.9 Å². The van der Waals surface area contributed by atoms with Crippen molar-refractivity contribution in [1.82, 2.24) is 5.32 Å². The fourth-order valence-corrected chi connectivity index (χ4v) is 2.19. The summed E-state index contributed by atoms with van der Waals surface area (Å²) < 4.78 is 19.9. The van der Waals surface area contributed by atoms with Gasteiger partial charge in [-0.3, -0.25) is 4.79 Å². The molecule has 144 valence electrons. The lowest BCUT2D eigenvalue weighted by molar-refractivity contribution is -0.147. The van der Waals surface area contributed by atoms with Gasteiger partial charge in [0.25, 0.3) is 5.91 Å². The van der Waals surface area contributed by atoms with Crippen molar-refractivity contribution >= 4 is 17.8 Å². The second-order valence-corrected chi connectivity index (χ2v) is 5.60. The van der Waals surface area contributed by atoms with Crippen LogP contribution in [-0.4, -0.2) is 51.8 Å². The monoisotopic (exact) mass is 367 g/mol. The summed E-state index contributed by atoms with van der Waals surface area (Å²) in [5.74, 6) is -1.11. The molecule has 8 nitrogen and oxygen atoms in total. The second kappa shape index (κ2) is 10.3. The first kappa shape index (κ1) is 21.3. The third kappa shape index (κ3) is 5.65. The fraction of sp³-hybridized carbons (Fsp3) is 0.500. The van der Waals surface area contributed by atoms with E-state index in [1.165, 1.54) is 33.5 Å². The molecule has 0 bridgehead atoms. The lowest BCUT2D eigenvalue weighted by Gasteiger charge is -2.21. The van der Waals surface area contributed by atoms with Crippen LogP contribution in [0.1, 0.15) is 30.6 Å². The van der Waals surface area contributed by atoms with Crippen molar-refractivity contribution in [2.75, 3.05) is 27.9 Å². The van der Waals surface area contributed by atoms with Gasteiger partial charge in [0.05, 0.1) is 26.9 Å². The van der Waals surface area contributed by atoms with E-state index in [-0.39, 0.29) is 11.5 Å². The quantitative estimate of drug-likeness (QED) is 0.661. The van der Waals surface area contributed by atoms with Crippen molar-refractivity contribution in [2.45, 2.75) is 26.3 Å². The summed E-state index contributed by atoms with van der Waals surface area (Å²) in [6.07, 6.45) is 0.672. The molecule has 1 aromatic carbocycles. The predicted octanol–water partition coefficient (Wildman–Crippen LogP) is 1.56. The van der Waals surface area contributed by atoms with Crippen LogP contribution in [0.15, 0.2) is 18.2 Å². The summed E-state index contributed by atoms with van der Waals surface area (Å²) in [7, 11) is 4.18. The summed E-state index contributed by atoms with van der Waals surface area (Å²) in [5, 5.41) is 2.53. The summed E-state index contributed by atoms with van der Waals surface area (Å²) in [6.45, 7) is 3.19. The number of hydrogen-bond acceptors (Lipinski definition) is 7. The Kier molecular flexibility index (Phi) is 8.41. The molecule has 0 unspecified atom stereocenters. The zero-order valence-electron chi connectivity index (χ0n) is 15.7. The highest BCUT2D eigenvalue weighted by Crippen LogP contribution is 2.27. The molecule has 26 heavy (non-hydrogen) atoms. The summed E-state index contributed by atoms with van der Waals surface area (Å²) >= 11 is 0. The van der Waals surface area contributed by atoms with E-state index in [1.54, 1.807) is 6.07 Å². The maximum absolute atomic E-state index is 12.1. The average Bonchev–Trinajstić information content (AvgIpc) is 2.68. The van der Waals surface area contributed by atoms with Gasteiger partial charge in [-0.05, 0) is 24.1 Å². The van der Waals surface area contributed by atoms with Crippen molar-refractivity contribution in [3.05, 3.63) is 23.8 Å². The molecule has 0 aliphatic rings. The van der Waals surface area contributed by atoms with Crippen LogP contribution in [0.3, 0.4) is 0 Å². The van der Waals surface area contributed by atoms with Crippen LogP contribution in [0, 0.1) is 5.92 Å². The molecule has 0 heterocycles. The SMILES string of the molecule is CC[C@H](C)[C@@H](NC(=O)COC(=O)c1ccc(OC)c(OC)c1)C(=O)OC. The van der Waals surface area contributed by atoms with Gasteiger partial charge < -0.3 is 24.3 Å². The molecule has 0 radical (unpaired) electrons. The Labute approximate surface area is 152 Å². The lowest BCUT2D eigenvalue weighted by Crippen LogP contribution is -2.47. The first-order valence-electron chi connectivity index (χ1n) is 8.14. The smallest absolute Gasteiger partial charge is 0.338 e. The number of nitrogens with one attached hydrogen (secondary N) is 1. The van der Waals surface area contributed by atoms with Gasteiger partial charge in [-0.1, -0.05) is 20.3 Å². The molecule has 0 aromatic heterocycles. The number of carbonyl (C=O) groups excluding carboxylic acids is 3. The number of esters is 2. The van der Waals surface area contributed by atoms with Crippen molar-refractivity contribution in [2.24, 2.45) is 5.92 Å². The second-order valence-electron chi connectivity index (χ2n) is 5.60. The van der Waals surface area contributed by atoms with Crippen LogP contribution >= 0.6 is 0 Å². The molecule has 0 aliphatic carbocycles. The summed E-state index contributed by atoms with van der Waals surface area (Å²) in [4.78, 5) is 35.9. The van der Waals surface area contributed by atoms with E-state index >= 15 is 0 Å². The van der Waals surface area contributed by atoms with Crippen molar-refractivity contribution in [3.8, 4) is 11.5 Å². The van der Waals surface area contributed by atoms with Gasteiger partial charge in [-0.2, -0.15) is 0 Å². The number of methoxy groups -OCH3 is 3. The standard InChI is InChI=1S/C18H25NO7/c1-6-11(2)16(18(22)25-5)19-15(20)10-26-17(21)12-7-8-13(23-3)14(9-12)24-4/h7-9,11,16H,6,10H2,1-5H3,(H,19,20)/t11-,16+/m0/s1. The minimum atomic E-state index is -0.794. The van der Waals surface area contributed by atoms with Crippen molar-refractivity contribution in [1.29, 1.82) is 0 Å². The number of amides is 1. The third-order valence-electron chi connectivity index (χ3n) is 3.94. The number of hydrogen-bond donors (Lipinski definition) is 1. The number of carbonyl (C=O) groups is 3. The van der Waals surface area contributed by atoms with E-state index in [2.05, 4.69) is 5.32 Å². The van der Waals surface area contributed by atoms with Crippen LogP contribution in [-0.2, 0) is 19.1 Å². The molecular formula is C18H25NO7. The molecule has 1 aromatic rings. The Balaban J connectivity index is 2.68. The number of ether oxygens (including phenoxy) is 4. The molecule has 8 heteroatoms. The van der Waals surface area contributed by atoms with Crippen LogP contribution in [0.2, 0.25) is 0 Å². The molecular weight excluding hydrogens is 342 g/mol. The Morgan fingerprint density at radius 1 is 1.08 bits per heavy atom. The Hall–Kier alpha value is -2.77. The molecule has 0 fully saturated rings. The highest BCUT2D eigenvalue weighted by molar-refractivity contribution is 5.92. The first-order valence-corrected chi connectivity index (χ1v) is 8.14. The van der Waals surface area contributed by atoms with Gasteiger partial charge in [0, 0.05) is 0 Å². The third-order valence-corrected chi connectivity index (χ3v) is 3.94. The minimum absolute atomic E-state index is 0.118. The lowest BCUT2D eigenvalue weighted by atomic mass is 9.99. The fourth-order valence-electron chi connectivity index (χ4n) is 2.19. The summed E-state index contributed by atoms with van der Waals surface area (Å²) in [5.41, 5.74) is 0.210. The molecule has 0 aliphatic heterocycles. The van der Waals surface area contributed by atoms with Gasteiger partial charge in [-0.15, -0.1) is 0 Å². The van der Waals surface area contributed by atoms with Gasteiger partial charge >= 0.3 is 11.9 Å². The minimum Gasteiger partial charge on any atom is -0.493 e. The molecule has 0 saturated carbocycles. The number of benzene rings is 1. The average molecular weight is 367 g/mol. The molecule has 2 atom stereocenters.